The lowest BCUT2D eigenvalue weighted by Crippen LogP contribution is -2.46. The highest BCUT2D eigenvalue weighted by Gasteiger charge is 2.24. The highest BCUT2D eigenvalue weighted by atomic mass is 32.1. The predicted molar refractivity (Wildman–Crippen MR) is 132 cm³/mol. The fourth-order valence-corrected chi connectivity index (χ4v) is 4.74. The van der Waals surface area contributed by atoms with E-state index < -0.39 is 0 Å². The zero-order valence-corrected chi connectivity index (χ0v) is 19.0. The predicted octanol–water partition coefficient (Wildman–Crippen LogP) is 5.30. The van der Waals surface area contributed by atoms with Crippen molar-refractivity contribution in [1.82, 2.24) is 15.2 Å². The van der Waals surface area contributed by atoms with E-state index in [4.69, 9.17) is 12.2 Å². The van der Waals surface area contributed by atoms with E-state index in [1.54, 1.807) is 0 Å². The molecule has 4 rings (SSSR count). The van der Waals surface area contributed by atoms with E-state index in [0.29, 0.717) is 19.1 Å². The van der Waals surface area contributed by atoms with Gasteiger partial charge in [-0.25, -0.2) is 0 Å². The lowest BCUT2D eigenvalue weighted by Gasteiger charge is -2.36. The Morgan fingerprint density at radius 3 is 2.58 bits per heavy atom. The van der Waals surface area contributed by atoms with Crippen LogP contribution in [0.15, 0.2) is 59.4 Å². The molecule has 2 aromatic carbocycles. The molecule has 0 aliphatic heterocycles. The summed E-state index contributed by atoms with van der Waals surface area (Å²) in [6, 6.07) is 19.0. The van der Waals surface area contributed by atoms with E-state index in [1.165, 1.54) is 30.4 Å². The van der Waals surface area contributed by atoms with Gasteiger partial charge in [0.25, 0.3) is 5.56 Å². The summed E-state index contributed by atoms with van der Waals surface area (Å²) in [4.78, 5) is 18.2. The average molecular weight is 434 g/mol. The molecule has 31 heavy (non-hydrogen) atoms. The molecule has 1 heterocycles. The van der Waals surface area contributed by atoms with Crippen LogP contribution in [-0.4, -0.2) is 21.0 Å². The van der Waals surface area contributed by atoms with Gasteiger partial charge in [-0.2, -0.15) is 0 Å². The van der Waals surface area contributed by atoms with E-state index in [2.05, 4.69) is 46.4 Å². The van der Waals surface area contributed by atoms with Gasteiger partial charge >= 0.3 is 0 Å². The molecule has 5 heteroatoms. The quantitative estimate of drug-likeness (QED) is 0.518. The monoisotopic (exact) mass is 433 g/mol. The Balaban J connectivity index is 1.58. The molecule has 0 amide bonds. The van der Waals surface area contributed by atoms with Crippen LogP contribution in [-0.2, 0) is 19.5 Å². The van der Waals surface area contributed by atoms with Crippen LogP contribution in [0.2, 0.25) is 0 Å². The normalized spacial score (nSPS) is 14.5. The summed E-state index contributed by atoms with van der Waals surface area (Å²) < 4.78 is 0. The summed E-state index contributed by atoms with van der Waals surface area (Å²) >= 11 is 5.84. The Morgan fingerprint density at radius 2 is 1.84 bits per heavy atom. The number of hydrogen-bond donors (Lipinski definition) is 2. The molecule has 2 N–H and O–H groups in total. The SMILES string of the molecule is CCc1ccc2[nH]c(=O)c(CN(C(=S)NCc3ccccc3)C3CCCCC3)cc2c1. The first-order valence-corrected chi connectivity index (χ1v) is 11.8. The maximum atomic E-state index is 12.9. The number of nitrogens with zero attached hydrogens (tertiary/aromatic N) is 1. The summed E-state index contributed by atoms with van der Waals surface area (Å²) in [7, 11) is 0. The number of rotatable bonds is 6. The minimum absolute atomic E-state index is 0.0246. The summed E-state index contributed by atoms with van der Waals surface area (Å²) in [6.07, 6.45) is 6.95. The third-order valence-electron chi connectivity index (χ3n) is 6.30. The Morgan fingerprint density at radius 1 is 1.06 bits per heavy atom. The second kappa shape index (κ2) is 10.1. The number of aromatic nitrogens is 1. The number of H-pyrrole nitrogens is 1. The largest absolute Gasteiger partial charge is 0.358 e. The third kappa shape index (κ3) is 5.34. The molecule has 0 bridgehead atoms. The van der Waals surface area contributed by atoms with E-state index in [-0.39, 0.29) is 5.56 Å². The molecule has 1 aliphatic carbocycles. The highest BCUT2D eigenvalue weighted by molar-refractivity contribution is 7.80. The lowest BCUT2D eigenvalue weighted by atomic mass is 9.94. The molecule has 0 radical (unpaired) electrons. The van der Waals surface area contributed by atoms with Crippen molar-refractivity contribution in [3.8, 4) is 0 Å². The molecular formula is C26H31N3OS. The molecule has 0 unspecified atom stereocenters. The molecule has 1 fully saturated rings. The second-order valence-electron chi connectivity index (χ2n) is 8.46. The maximum Gasteiger partial charge on any atom is 0.253 e. The molecule has 4 nitrogen and oxygen atoms in total. The van der Waals surface area contributed by atoms with Crippen molar-refractivity contribution in [3.63, 3.8) is 0 Å². The lowest BCUT2D eigenvalue weighted by molar-refractivity contribution is 0.234. The van der Waals surface area contributed by atoms with Crippen LogP contribution in [0.1, 0.15) is 55.7 Å². The minimum atomic E-state index is -0.0246. The molecule has 1 aliphatic rings. The number of aryl methyl sites for hydroxylation is 1. The first-order valence-electron chi connectivity index (χ1n) is 11.4. The van der Waals surface area contributed by atoms with Crippen molar-refractivity contribution in [3.05, 3.63) is 81.6 Å². The number of fused-ring (bicyclic) bond motifs is 1. The minimum Gasteiger partial charge on any atom is -0.358 e. The first-order chi connectivity index (χ1) is 15.1. The van der Waals surface area contributed by atoms with Crippen LogP contribution in [0.4, 0.5) is 0 Å². The average Bonchev–Trinajstić information content (AvgIpc) is 2.82. The van der Waals surface area contributed by atoms with Crippen LogP contribution in [0, 0.1) is 0 Å². The summed E-state index contributed by atoms with van der Waals surface area (Å²) in [5.41, 5.74) is 4.11. The van der Waals surface area contributed by atoms with Gasteiger partial charge in [-0.15, -0.1) is 0 Å². The van der Waals surface area contributed by atoms with Gasteiger partial charge in [-0.05, 0) is 66.2 Å². The van der Waals surface area contributed by atoms with E-state index in [9.17, 15) is 4.79 Å². The number of nitrogens with one attached hydrogen (secondary N) is 2. The van der Waals surface area contributed by atoms with Gasteiger partial charge in [0.2, 0.25) is 0 Å². The van der Waals surface area contributed by atoms with Crippen molar-refractivity contribution in [2.45, 2.75) is 64.6 Å². The summed E-state index contributed by atoms with van der Waals surface area (Å²) in [5, 5.41) is 5.25. The highest BCUT2D eigenvalue weighted by Crippen LogP contribution is 2.24. The molecule has 1 saturated carbocycles. The molecule has 3 aromatic rings. The zero-order chi connectivity index (χ0) is 21.6. The van der Waals surface area contributed by atoms with Crippen LogP contribution in [0.3, 0.4) is 0 Å². The van der Waals surface area contributed by atoms with E-state index in [1.807, 2.05) is 30.3 Å². The van der Waals surface area contributed by atoms with Gasteiger partial charge < -0.3 is 15.2 Å². The van der Waals surface area contributed by atoms with Gasteiger partial charge in [0, 0.05) is 23.7 Å². The number of pyridine rings is 1. The number of aromatic amines is 1. The van der Waals surface area contributed by atoms with Crippen molar-refractivity contribution in [2.75, 3.05) is 0 Å². The Hall–Kier alpha value is -2.66. The van der Waals surface area contributed by atoms with E-state index >= 15 is 0 Å². The fraction of sp³-hybridized carbons (Fsp3) is 0.385. The zero-order valence-electron chi connectivity index (χ0n) is 18.2. The molecule has 1 aromatic heterocycles. The molecule has 0 saturated heterocycles. The fourth-order valence-electron chi connectivity index (χ4n) is 4.46. The van der Waals surface area contributed by atoms with Gasteiger partial charge in [-0.1, -0.05) is 62.6 Å². The summed E-state index contributed by atoms with van der Waals surface area (Å²) in [6.45, 7) is 3.37. The third-order valence-corrected chi connectivity index (χ3v) is 6.68. The van der Waals surface area contributed by atoms with Crippen molar-refractivity contribution in [1.29, 1.82) is 0 Å². The van der Waals surface area contributed by atoms with Gasteiger partial charge in [0.15, 0.2) is 5.11 Å². The number of thiocarbonyl (C=S) groups is 1. The van der Waals surface area contributed by atoms with Crippen LogP contribution < -0.4 is 10.9 Å². The van der Waals surface area contributed by atoms with Crippen molar-refractivity contribution >= 4 is 28.2 Å². The standard InChI is InChI=1S/C26H31N3OS/c1-2-19-13-14-24-21(15-19)16-22(25(30)28-24)18-29(23-11-7-4-8-12-23)26(31)27-17-20-9-5-3-6-10-20/h3,5-6,9-10,13-16,23H,2,4,7-8,11-12,17-18H2,1H3,(H,27,31)(H,28,30). The van der Waals surface area contributed by atoms with Gasteiger partial charge in [0.05, 0.1) is 6.54 Å². The first kappa shape index (κ1) is 21.6. The number of benzene rings is 2. The molecule has 0 spiro atoms. The van der Waals surface area contributed by atoms with Crippen LogP contribution >= 0.6 is 12.2 Å². The second-order valence-corrected chi connectivity index (χ2v) is 8.85. The topological polar surface area (TPSA) is 48.1 Å². The van der Waals surface area contributed by atoms with Gasteiger partial charge in [0.1, 0.15) is 0 Å². The smallest absolute Gasteiger partial charge is 0.253 e. The van der Waals surface area contributed by atoms with Crippen LogP contribution in [0.25, 0.3) is 10.9 Å². The van der Waals surface area contributed by atoms with Crippen LogP contribution in [0.5, 0.6) is 0 Å². The van der Waals surface area contributed by atoms with Crippen molar-refractivity contribution < 1.29 is 0 Å². The Bertz CT molecular complexity index is 1090. The maximum absolute atomic E-state index is 12.9. The Labute approximate surface area is 189 Å². The molecule has 0 atom stereocenters. The van der Waals surface area contributed by atoms with Gasteiger partial charge in [-0.3, -0.25) is 4.79 Å². The van der Waals surface area contributed by atoms with E-state index in [0.717, 1.165) is 40.8 Å². The summed E-state index contributed by atoms with van der Waals surface area (Å²) in [5.74, 6) is 0. The molecular weight excluding hydrogens is 402 g/mol. The number of hydrogen-bond acceptors (Lipinski definition) is 2. The molecule has 162 valence electrons. The van der Waals surface area contributed by atoms with Crippen molar-refractivity contribution in [2.24, 2.45) is 0 Å². The Kier molecular flexibility index (Phi) is 7.03.